The standard InChI is InChI=1S/C22H35N5S2/c1-6-23-21(25-14-19-26-18(15-29-19)22(2,3)4)24-13-16-9-7-11-27(5)20(16)17-10-8-12-28-17/h8,10,12,15-16,20H,6-7,9,11,13-14H2,1-5H3,(H2,23,24,25). The molecule has 2 atom stereocenters. The minimum absolute atomic E-state index is 0.0883. The summed E-state index contributed by atoms with van der Waals surface area (Å²) in [7, 11) is 2.26. The van der Waals surface area contributed by atoms with Crippen LogP contribution in [0.3, 0.4) is 0 Å². The molecule has 29 heavy (non-hydrogen) atoms. The molecule has 2 aromatic heterocycles. The molecule has 2 aromatic rings. The van der Waals surface area contributed by atoms with Gasteiger partial charge in [0.05, 0.1) is 12.2 Å². The number of rotatable bonds is 6. The summed E-state index contributed by atoms with van der Waals surface area (Å²) in [6.45, 7) is 12.3. The van der Waals surface area contributed by atoms with Crippen LogP contribution in [-0.4, -0.2) is 42.5 Å². The Balaban J connectivity index is 1.63. The lowest BCUT2D eigenvalue weighted by atomic mass is 9.88. The van der Waals surface area contributed by atoms with Crippen molar-refractivity contribution in [2.75, 3.05) is 26.7 Å². The molecule has 0 saturated carbocycles. The van der Waals surface area contributed by atoms with Crippen molar-refractivity contribution in [2.45, 2.75) is 58.5 Å². The third-order valence-corrected chi connectivity index (χ3v) is 7.19. The van der Waals surface area contributed by atoms with Crippen LogP contribution >= 0.6 is 22.7 Å². The Labute approximate surface area is 183 Å². The van der Waals surface area contributed by atoms with E-state index >= 15 is 0 Å². The van der Waals surface area contributed by atoms with Gasteiger partial charge in [0, 0.05) is 34.8 Å². The zero-order valence-electron chi connectivity index (χ0n) is 18.4. The number of hydrogen-bond acceptors (Lipinski definition) is 5. The normalized spacial score (nSPS) is 21.3. The second kappa shape index (κ2) is 10.0. The molecule has 160 valence electrons. The highest BCUT2D eigenvalue weighted by Gasteiger charge is 2.31. The van der Waals surface area contributed by atoms with Gasteiger partial charge in [-0.15, -0.1) is 22.7 Å². The van der Waals surface area contributed by atoms with Crippen LogP contribution in [0.15, 0.2) is 27.9 Å². The molecule has 0 spiro atoms. The maximum atomic E-state index is 4.80. The summed E-state index contributed by atoms with van der Waals surface area (Å²) in [6.07, 6.45) is 2.51. The van der Waals surface area contributed by atoms with E-state index in [1.807, 2.05) is 11.3 Å². The van der Waals surface area contributed by atoms with E-state index in [-0.39, 0.29) is 5.41 Å². The van der Waals surface area contributed by atoms with Gasteiger partial charge in [0.1, 0.15) is 5.01 Å². The first kappa shape index (κ1) is 22.2. The van der Waals surface area contributed by atoms with E-state index in [1.165, 1.54) is 24.3 Å². The molecule has 0 amide bonds. The molecule has 0 aliphatic carbocycles. The molecule has 5 nitrogen and oxygen atoms in total. The summed E-state index contributed by atoms with van der Waals surface area (Å²) < 4.78 is 0. The average Bonchev–Trinajstić information content (AvgIpc) is 3.35. The van der Waals surface area contributed by atoms with Gasteiger partial charge in [0.25, 0.3) is 0 Å². The van der Waals surface area contributed by atoms with Crippen molar-refractivity contribution in [2.24, 2.45) is 10.9 Å². The van der Waals surface area contributed by atoms with E-state index < -0.39 is 0 Å². The summed E-state index contributed by atoms with van der Waals surface area (Å²) in [5, 5.41) is 12.4. The second-order valence-corrected chi connectivity index (χ2v) is 10.7. The van der Waals surface area contributed by atoms with Gasteiger partial charge >= 0.3 is 0 Å². The summed E-state index contributed by atoms with van der Waals surface area (Å²) in [5.74, 6) is 1.47. The maximum Gasteiger partial charge on any atom is 0.191 e. The van der Waals surface area contributed by atoms with Crippen molar-refractivity contribution in [3.63, 3.8) is 0 Å². The van der Waals surface area contributed by atoms with Crippen molar-refractivity contribution >= 4 is 28.6 Å². The van der Waals surface area contributed by atoms with Crippen LogP contribution in [0.5, 0.6) is 0 Å². The molecular formula is C22H35N5S2. The first-order valence-corrected chi connectivity index (χ1v) is 12.3. The van der Waals surface area contributed by atoms with E-state index in [9.17, 15) is 0 Å². The number of nitrogens with zero attached hydrogens (tertiary/aromatic N) is 3. The predicted molar refractivity (Wildman–Crippen MR) is 126 cm³/mol. The summed E-state index contributed by atoms with van der Waals surface area (Å²) in [6, 6.07) is 4.93. The van der Waals surface area contributed by atoms with Crippen molar-refractivity contribution in [3.8, 4) is 0 Å². The molecule has 1 saturated heterocycles. The predicted octanol–water partition coefficient (Wildman–Crippen LogP) is 4.64. The third-order valence-electron chi connectivity index (χ3n) is 5.41. The van der Waals surface area contributed by atoms with E-state index in [2.05, 4.69) is 73.2 Å². The van der Waals surface area contributed by atoms with E-state index in [4.69, 9.17) is 9.98 Å². The van der Waals surface area contributed by atoms with Crippen LogP contribution in [-0.2, 0) is 12.0 Å². The van der Waals surface area contributed by atoms with Gasteiger partial charge in [-0.3, -0.25) is 4.90 Å². The molecule has 0 bridgehead atoms. The summed E-state index contributed by atoms with van der Waals surface area (Å²) in [5.41, 5.74) is 1.24. The lowest BCUT2D eigenvalue weighted by Crippen LogP contribution is -2.44. The van der Waals surface area contributed by atoms with Gasteiger partial charge < -0.3 is 10.6 Å². The van der Waals surface area contributed by atoms with Gasteiger partial charge in [0.15, 0.2) is 5.96 Å². The Hall–Kier alpha value is -1.44. The molecular weight excluding hydrogens is 398 g/mol. The fourth-order valence-electron chi connectivity index (χ4n) is 3.83. The topological polar surface area (TPSA) is 52.6 Å². The third kappa shape index (κ3) is 6.03. The Morgan fingerprint density at radius 2 is 2.14 bits per heavy atom. The van der Waals surface area contributed by atoms with E-state index in [1.54, 1.807) is 11.3 Å². The van der Waals surface area contributed by atoms with Gasteiger partial charge in [-0.2, -0.15) is 0 Å². The smallest absolute Gasteiger partial charge is 0.191 e. The van der Waals surface area contributed by atoms with E-state index in [0.29, 0.717) is 18.5 Å². The Kier molecular flexibility index (Phi) is 7.71. The fourth-order valence-corrected chi connectivity index (χ4v) is 5.75. The zero-order chi connectivity index (χ0) is 20.9. The number of hydrogen-bond donors (Lipinski definition) is 2. The highest BCUT2D eigenvalue weighted by Crippen LogP contribution is 2.36. The molecule has 2 unspecified atom stereocenters. The number of nitrogens with one attached hydrogen (secondary N) is 2. The number of likely N-dealkylation sites (tertiary alicyclic amines) is 1. The minimum atomic E-state index is 0.0883. The SMILES string of the molecule is CCNC(=NCc1nc(C(C)(C)C)cs1)NCC1CCCN(C)C1c1cccs1. The molecule has 2 N–H and O–H groups in total. The number of aliphatic imine (C=N–C) groups is 1. The van der Waals surface area contributed by atoms with Crippen LogP contribution < -0.4 is 10.6 Å². The molecule has 1 fully saturated rings. The minimum Gasteiger partial charge on any atom is -0.357 e. The van der Waals surface area contributed by atoms with Crippen molar-refractivity contribution in [1.29, 1.82) is 0 Å². The monoisotopic (exact) mass is 433 g/mol. The number of guanidine groups is 1. The van der Waals surface area contributed by atoms with Crippen LogP contribution in [0.25, 0.3) is 0 Å². The largest absolute Gasteiger partial charge is 0.357 e. The lowest BCUT2D eigenvalue weighted by Gasteiger charge is -2.39. The molecule has 7 heteroatoms. The molecule has 1 aliphatic rings. The second-order valence-electron chi connectivity index (χ2n) is 8.80. The molecule has 3 rings (SSSR count). The van der Waals surface area contributed by atoms with Crippen molar-refractivity contribution in [3.05, 3.63) is 38.5 Å². The summed E-state index contributed by atoms with van der Waals surface area (Å²) >= 11 is 3.57. The number of thiophene rings is 1. The van der Waals surface area contributed by atoms with Gasteiger partial charge in [-0.05, 0) is 50.7 Å². The van der Waals surface area contributed by atoms with Gasteiger partial charge in [-0.1, -0.05) is 26.8 Å². The zero-order valence-corrected chi connectivity index (χ0v) is 20.0. The van der Waals surface area contributed by atoms with Crippen LogP contribution in [0, 0.1) is 5.92 Å². The maximum absolute atomic E-state index is 4.80. The summed E-state index contributed by atoms with van der Waals surface area (Å²) in [4.78, 5) is 13.6. The van der Waals surface area contributed by atoms with Crippen molar-refractivity contribution < 1.29 is 0 Å². The molecule has 0 aromatic carbocycles. The molecule has 1 aliphatic heterocycles. The number of piperidine rings is 1. The van der Waals surface area contributed by atoms with Crippen LogP contribution in [0.4, 0.5) is 0 Å². The quantitative estimate of drug-likeness (QED) is 0.515. The highest BCUT2D eigenvalue weighted by molar-refractivity contribution is 7.10. The lowest BCUT2D eigenvalue weighted by molar-refractivity contribution is 0.125. The number of aromatic nitrogens is 1. The average molecular weight is 434 g/mol. The van der Waals surface area contributed by atoms with Gasteiger partial charge in [-0.25, -0.2) is 9.98 Å². The highest BCUT2D eigenvalue weighted by atomic mass is 32.1. The first-order chi connectivity index (χ1) is 13.9. The molecule has 0 radical (unpaired) electrons. The fraction of sp³-hybridized carbons (Fsp3) is 0.636. The molecule has 3 heterocycles. The Bertz CT molecular complexity index is 775. The number of thiazole rings is 1. The van der Waals surface area contributed by atoms with Gasteiger partial charge in [0.2, 0.25) is 0 Å². The van der Waals surface area contributed by atoms with E-state index in [0.717, 1.165) is 29.8 Å². The van der Waals surface area contributed by atoms with Crippen molar-refractivity contribution in [1.82, 2.24) is 20.5 Å². The Morgan fingerprint density at radius 3 is 2.79 bits per heavy atom. The Morgan fingerprint density at radius 1 is 1.31 bits per heavy atom. The van der Waals surface area contributed by atoms with Crippen LogP contribution in [0.2, 0.25) is 0 Å². The first-order valence-electron chi connectivity index (χ1n) is 10.6. The van der Waals surface area contributed by atoms with Crippen LogP contribution in [0.1, 0.15) is 62.2 Å².